The van der Waals surface area contributed by atoms with Crippen LogP contribution in [-0.2, 0) is 0 Å². The molecule has 2 fully saturated rings. The van der Waals surface area contributed by atoms with Crippen LogP contribution >= 0.6 is 11.3 Å². The fraction of sp³-hybridized carbons (Fsp3) is 0.435. The lowest BCUT2D eigenvalue weighted by molar-refractivity contribution is 0.119. The number of thiazole rings is 1. The minimum atomic E-state index is -0.413. The molecule has 1 saturated carbocycles. The van der Waals surface area contributed by atoms with Crippen molar-refractivity contribution in [1.29, 1.82) is 0 Å². The lowest BCUT2D eigenvalue weighted by Crippen LogP contribution is -2.45. The number of aryl methyl sites for hydroxylation is 1. The number of likely N-dealkylation sites (N-methyl/N-ethyl adjacent to an activating group) is 1. The molecule has 0 bridgehead atoms. The van der Waals surface area contributed by atoms with E-state index in [2.05, 4.69) is 32.0 Å². The Balaban J connectivity index is 1.33. The van der Waals surface area contributed by atoms with Crippen molar-refractivity contribution < 1.29 is 9.50 Å². The second-order valence-electron chi connectivity index (χ2n) is 8.51. The minimum absolute atomic E-state index is 0.0205. The first kappa shape index (κ1) is 20.3. The number of aromatic nitrogens is 3. The summed E-state index contributed by atoms with van der Waals surface area (Å²) in [5.41, 5.74) is 1.13. The summed E-state index contributed by atoms with van der Waals surface area (Å²) in [7, 11) is 2.24. The van der Waals surface area contributed by atoms with E-state index in [-0.39, 0.29) is 5.75 Å². The van der Waals surface area contributed by atoms with E-state index in [4.69, 9.17) is 0 Å². The molecule has 0 amide bonds. The lowest BCUT2D eigenvalue weighted by Gasteiger charge is -2.38. The van der Waals surface area contributed by atoms with Crippen LogP contribution in [0.4, 0.5) is 10.2 Å². The van der Waals surface area contributed by atoms with Crippen molar-refractivity contribution in [3.05, 3.63) is 41.3 Å². The molecule has 3 aromatic rings. The molecule has 0 spiro atoms. The van der Waals surface area contributed by atoms with Gasteiger partial charge in [0.1, 0.15) is 11.6 Å². The van der Waals surface area contributed by atoms with Crippen LogP contribution in [0.1, 0.15) is 30.7 Å². The summed E-state index contributed by atoms with van der Waals surface area (Å²) < 4.78 is 14.8. The van der Waals surface area contributed by atoms with Crippen molar-refractivity contribution in [3.63, 3.8) is 0 Å². The smallest absolute Gasteiger partial charge is 0.151 e. The monoisotopic (exact) mass is 439 g/mol. The highest BCUT2D eigenvalue weighted by Crippen LogP contribution is 2.37. The van der Waals surface area contributed by atoms with Crippen molar-refractivity contribution in [2.24, 2.45) is 0 Å². The minimum Gasteiger partial charge on any atom is -0.507 e. The second-order valence-corrected chi connectivity index (χ2v) is 9.74. The molecular weight excluding hydrogens is 413 g/mol. The van der Waals surface area contributed by atoms with E-state index in [1.165, 1.54) is 42.7 Å². The highest BCUT2D eigenvalue weighted by Gasteiger charge is 2.32. The normalized spacial score (nSPS) is 19.2. The van der Waals surface area contributed by atoms with Gasteiger partial charge >= 0.3 is 0 Å². The van der Waals surface area contributed by atoms with Crippen LogP contribution in [0.5, 0.6) is 5.75 Å². The highest BCUT2D eigenvalue weighted by atomic mass is 32.1. The van der Waals surface area contributed by atoms with Gasteiger partial charge in [0.15, 0.2) is 5.82 Å². The average Bonchev–Trinajstić information content (AvgIpc) is 3.38. The maximum absolute atomic E-state index is 14.8. The number of hydrogen-bond donors (Lipinski definition) is 1. The average molecular weight is 440 g/mol. The third kappa shape index (κ3) is 3.90. The highest BCUT2D eigenvalue weighted by molar-refractivity contribution is 7.15. The van der Waals surface area contributed by atoms with Crippen LogP contribution < -0.4 is 4.90 Å². The number of phenols is 1. The zero-order valence-corrected chi connectivity index (χ0v) is 18.6. The van der Waals surface area contributed by atoms with Crippen LogP contribution in [0.25, 0.3) is 21.7 Å². The van der Waals surface area contributed by atoms with E-state index >= 15 is 0 Å². The third-order valence-corrected chi connectivity index (χ3v) is 7.56. The van der Waals surface area contributed by atoms with Gasteiger partial charge in [-0.25, -0.2) is 9.37 Å². The van der Waals surface area contributed by atoms with E-state index in [1.807, 2.05) is 13.0 Å². The first-order valence-electron chi connectivity index (χ1n) is 10.8. The van der Waals surface area contributed by atoms with Crippen LogP contribution in [-0.4, -0.2) is 57.4 Å². The summed E-state index contributed by atoms with van der Waals surface area (Å²) in [6, 6.07) is 7.75. The van der Waals surface area contributed by atoms with Crippen LogP contribution in [0.2, 0.25) is 0 Å². The Labute approximate surface area is 185 Å². The molecule has 162 valence electrons. The largest absolute Gasteiger partial charge is 0.507 e. The number of benzene rings is 1. The fourth-order valence-electron chi connectivity index (χ4n) is 4.45. The van der Waals surface area contributed by atoms with E-state index < -0.39 is 5.82 Å². The molecule has 1 aromatic carbocycles. The Morgan fingerprint density at radius 1 is 1.13 bits per heavy atom. The van der Waals surface area contributed by atoms with Gasteiger partial charge in [-0.3, -0.25) is 4.90 Å². The molecule has 1 saturated heterocycles. The van der Waals surface area contributed by atoms with Gasteiger partial charge in [-0.15, -0.1) is 21.5 Å². The number of phenolic OH excluding ortho intramolecular Hbond substituents is 1. The summed E-state index contributed by atoms with van der Waals surface area (Å²) in [5.74, 6) is 0.390. The number of halogens is 1. The van der Waals surface area contributed by atoms with E-state index in [9.17, 15) is 9.50 Å². The van der Waals surface area contributed by atoms with Crippen LogP contribution in [0.15, 0.2) is 30.5 Å². The number of anilines is 1. The summed E-state index contributed by atoms with van der Waals surface area (Å²) in [5, 5.41) is 20.1. The number of nitrogens with zero attached hydrogens (tertiary/aromatic N) is 5. The summed E-state index contributed by atoms with van der Waals surface area (Å²) in [4.78, 5) is 9.64. The molecule has 1 atom stereocenters. The van der Waals surface area contributed by atoms with E-state index in [0.29, 0.717) is 27.7 Å². The van der Waals surface area contributed by atoms with Crippen molar-refractivity contribution in [2.75, 3.05) is 25.0 Å². The zero-order valence-electron chi connectivity index (χ0n) is 17.8. The Morgan fingerprint density at radius 2 is 1.97 bits per heavy atom. The first-order valence-corrected chi connectivity index (χ1v) is 11.6. The number of rotatable bonds is 5. The van der Waals surface area contributed by atoms with Gasteiger partial charge in [-0.05, 0) is 57.5 Å². The molecular formula is C23H26FN5OS. The fourth-order valence-corrected chi connectivity index (χ4v) is 5.25. The predicted molar refractivity (Wildman–Crippen MR) is 121 cm³/mol. The molecule has 5 rings (SSSR count). The molecule has 1 aliphatic carbocycles. The summed E-state index contributed by atoms with van der Waals surface area (Å²) in [6.45, 7) is 3.77. The lowest BCUT2D eigenvalue weighted by atomic mass is 9.91. The second kappa shape index (κ2) is 8.16. The van der Waals surface area contributed by atoms with Crippen LogP contribution in [0.3, 0.4) is 0 Å². The van der Waals surface area contributed by atoms with Gasteiger partial charge in [0.25, 0.3) is 0 Å². The molecule has 6 nitrogen and oxygen atoms in total. The standard InChI is InChI=1S/C23H26FN5OS/c1-14-25-12-22(31-14)17-11-21(30)18(10-19(17)24)20-6-7-23(27-26-20)29-9-8-16(13-29)28(2)15-4-3-5-15/h6-7,10-12,15-16,30H,3-5,8-9,13H2,1-2H3/t16-/m1/s1. The molecule has 1 aliphatic heterocycles. The summed E-state index contributed by atoms with van der Waals surface area (Å²) >= 11 is 1.39. The molecule has 3 heterocycles. The van der Waals surface area contributed by atoms with Crippen molar-refractivity contribution >= 4 is 17.2 Å². The van der Waals surface area contributed by atoms with E-state index in [0.717, 1.165) is 36.4 Å². The van der Waals surface area contributed by atoms with Gasteiger partial charge in [-0.1, -0.05) is 6.42 Å². The molecule has 2 aromatic heterocycles. The van der Waals surface area contributed by atoms with Crippen LogP contribution in [0, 0.1) is 12.7 Å². The molecule has 0 unspecified atom stereocenters. The maximum atomic E-state index is 14.8. The molecule has 2 aliphatic rings. The quantitative estimate of drug-likeness (QED) is 0.632. The van der Waals surface area contributed by atoms with Gasteiger partial charge in [0.2, 0.25) is 0 Å². The third-order valence-electron chi connectivity index (χ3n) is 6.61. The van der Waals surface area contributed by atoms with E-state index in [1.54, 1.807) is 12.3 Å². The zero-order chi connectivity index (χ0) is 21.5. The molecule has 0 radical (unpaired) electrons. The first-order chi connectivity index (χ1) is 15.0. The number of aromatic hydroxyl groups is 1. The van der Waals surface area contributed by atoms with Crippen molar-refractivity contribution in [1.82, 2.24) is 20.1 Å². The number of hydrogen-bond acceptors (Lipinski definition) is 7. The van der Waals surface area contributed by atoms with Crippen molar-refractivity contribution in [2.45, 2.75) is 44.7 Å². The van der Waals surface area contributed by atoms with Gasteiger partial charge in [-0.2, -0.15) is 0 Å². The van der Waals surface area contributed by atoms with Gasteiger partial charge in [0, 0.05) is 42.5 Å². The molecule has 8 heteroatoms. The SMILES string of the molecule is Cc1ncc(-c2cc(O)c(-c3ccc(N4CC[C@@H](N(C)C5CCC5)C4)nn3)cc2F)s1. The van der Waals surface area contributed by atoms with Gasteiger partial charge in [0.05, 0.1) is 15.6 Å². The van der Waals surface area contributed by atoms with Crippen molar-refractivity contribution in [3.8, 4) is 27.4 Å². The van der Waals surface area contributed by atoms with Gasteiger partial charge < -0.3 is 10.0 Å². The Bertz CT molecular complexity index is 1080. The predicted octanol–water partition coefficient (Wildman–Crippen LogP) is 4.48. The Kier molecular flexibility index (Phi) is 5.35. The topological polar surface area (TPSA) is 65.4 Å². The molecule has 31 heavy (non-hydrogen) atoms. The maximum Gasteiger partial charge on any atom is 0.151 e. The Morgan fingerprint density at radius 3 is 2.61 bits per heavy atom. The summed E-state index contributed by atoms with van der Waals surface area (Å²) in [6.07, 6.45) is 6.71. The Hall–Kier alpha value is -2.58. The molecule has 1 N–H and O–H groups in total.